The van der Waals surface area contributed by atoms with Crippen molar-refractivity contribution in [1.82, 2.24) is 14.9 Å². The minimum atomic E-state index is 0.264. The maximum atomic E-state index is 5.77. The summed E-state index contributed by atoms with van der Waals surface area (Å²) in [6.07, 6.45) is 3.31. The Hall–Kier alpha value is -1.39. The van der Waals surface area contributed by atoms with Crippen LogP contribution in [0.15, 0.2) is 30.6 Å². The molecular weight excluding hydrogens is 250 g/mol. The molecule has 1 aromatic carbocycles. The predicted octanol–water partition coefficient (Wildman–Crippen LogP) is 2.83. The first kappa shape index (κ1) is 15.0. The number of nitrogens with zero attached hydrogens (tertiary/aromatic N) is 2. The number of ether oxygens (including phenoxy) is 1. The second kappa shape index (κ2) is 7.41. The Balaban J connectivity index is 2.05. The minimum absolute atomic E-state index is 0.264. The number of rotatable bonds is 8. The van der Waals surface area contributed by atoms with Gasteiger partial charge in [-0.05, 0) is 38.9 Å². The quantitative estimate of drug-likeness (QED) is 0.805. The minimum Gasteiger partial charge on any atom is -0.377 e. The van der Waals surface area contributed by atoms with Crippen molar-refractivity contribution in [3.8, 4) is 0 Å². The van der Waals surface area contributed by atoms with Gasteiger partial charge in [0.15, 0.2) is 0 Å². The van der Waals surface area contributed by atoms with Crippen molar-refractivity contribution >= 4 is 11.0 Å². The highest BCUT2D eigenvalue weighted by molar-refractivity contribution is 5.74. The van der Waals surface area contributed by atoms with Crippen LogP contribution >= 0.6 is 0 Å². The second-order valence-corrected chi connectivity index (χ2v) is 5.42. The van der Waals surface area contributed by atoms with Crippen LogP contribution in [0.1, 0.15) is 27.2 Å². The third-order valence-electron chi connectivity index (χ3n) is 3.26. The molecule has 20 heavy (non-hydrogen) atoms. The van der Waals surface area contributed by atoms with Crippen LogP contribution in [0.2, 0.25) is 0 Å². The topological polar surface area (TPSA) is 39.1 Å². The second-order valence-electron chi connectivity index (χ2n) is 5.42. The normalized spacial score (nSPS) is 13.2. The van der Waals surface area contributed by atoms with Crippen molar-refractivity contribution in [2.24, 2.45) is 0 Å². The number of benzene rings is 1. The van der Waals surface area contributed by atoms with E-state index in [1.807, 2.05) is 18.5 Å². The van der Waals surface area contributed by atoms with E-state index in [2.05, 4.69) is 47.8 Å². The maximum Gasteiger partial charge on any atom is 0.0958 e. The molecule has 1 heterocycles. The van der Waals surface area contributed by atoms with Crippen LogP contribution in [0.3, 0.4) is 0 Å². The van der Waals surface area contributed by atoms with E-state index < -0.39 is 0 Å². The summed E-state index contributed by atoms with van der Waals surface area (Å²) in [4.78, 5) is 4.44. The molecule has 2 aromatic rings. The summed E-state index contributed by atoms with van der Waals surface area (Å²) in [7, 11) is 0. The van der Waals surface area contributed by atoms with Crippen LogP contribution in [0.25, 0.3) is 11.0 Å². The van der Waals surface area contributed by atoms with Crippen molar-refractivity contribution in [1.29, 1.82) is 0 Å². The fourth-order valence-electron chi connectivity index (χ4n) is 2.23. The van der Waals surface area contributed by atoms with Gasteiger partial charge in [0, 0.05) is 12.6 Å². The SMILES string of the molecule is CCCNC(COC(C)C)Cn1cnc2ccccc21. The van der Waals surface area contributed by atoms with Gasteiger partial charge in [0.2, 0.25) is 0 Å². The van der Waals surface area contributed by atoms with Gasteiger partial charge in [0.25, 0.3) is 0 Å². The van der Waals surface area contributed by atoms with Gasteiger partial charge in [-0.1, -0.05) is 19.1 Å². The van der Waals surface area contributed by atoms with E-state index in [9.17, 15) is 0 Å². The lowest BCUT2D eigenvalue weighted by Crippen LogP contribution is -2.38. The van der Waals surface area contributed by atoms with Crippen LogP contribution in [0, 0.1) is 0 Å². The van der Waals surface area contributed by atoms with Crippen LogP contribution in [0.5, 0.6) is 0 Å². The number of para-hydroxylation sites is 2. The molecule has 0 saturated heterocycles. The van der Waals surface area contributed by atoms with Gasteiger partial charge in [-0.2, -0.15) is 0 Å². The molecule has 0 bridgehead atoms. The van der Waals surface area contributed by atoms with Gasteiger partial charge in [-0.15, -0.1) is 0 Å². The van der Waals surface area contributed by atoms with Crippen LogP contribution in [-0.4, -0.2) is 34.8 Å². The average Bonchev–Trinajstić information content (AvgIpc) is 2.85. The Labute approximate surface area is 121 Å². The molecule has 2 rings (SSSR count). The van der Waals surface area contributed by atoms with Crippen molar-refractivity contribution < 1.29 is 4.74 Å². The molecule has 1 aromatic heterocycles. The van der Waals surface area contributed by atoms with E-state index >= 15 is 0 Å². The zero-order valence-corrected chi connectivity index (χ0v) is 12.7. The van der Waals surface area contributed by atoms with E-state index in [4.69, 9.17) is 4.74 Å². The highest BCUT2D eigenvalue weighted by Gasteiger charge is 2.11. The maximum absolute atomic E-state index is 5.77. The molecule has 1 atom stereocenters. The number of fused-ring (bicyclic) bond motifs is 1. The average molecular weight is 275 g/mol. The van der Waals surface area contributed by atoms with Crippen molar-refractivity contribution in [3.05, 3.63) is 30.6 Å². The number of hydrogen-bond donors (Lipinski definition) is 1. The first-order valence-corrected chi connectivity index (χ1v) is 7.45. The summed E-state index contributed by atoms with van der Waals surface area (Å²) in [5.74, 6) is 0. The lowest BCUT2D eigenvalue weighted by molar-refractivity contribution is 0.0580. The number of aromatic nitrogens is 2. The highest BCUT2D eigenvalue weighted by atomic mass is 16.5. The summed E-state index contributed by atoms with van der Waals surface area (Å²) >= 11 is 0. The molecule has 0 radical (unpaired) electrons. The Bertz CT molecular complexity index is 521. The third-order valence-corrected chi connectivity index (χ3v) is 3.26. The van der Waals surface area contributed by atoms with Crippen molar-refractivity contribution in [2.75, 3.05) is 13.2 Å². The fourth-order valence-corrected chi connectivity index (χ4v) is 2.23. The summed E-state index contributed by atoms with van der Waals surface area (Å²) in [6.45, 7) is 8.95. The van der Waals surface area contributed by atoms with Crippen LogP contribution < -0.4 is 5.32 Å². The van der Waals surface area contributed by atoms with Crippen molar-refractivity contribution in [2.45, 2.75) is 45.9 Å². The molecule has 4 nitrogen and oxygen atoms in total. The number of imidazole rings is 1. The monoisotopic (exact) mass is 275 g/mol. The predicted molar refractivity (Wildman–Crippen MR) is 82.9 cm³/mol. The van der Waals surface area contributed by atoms with E-state index in [1.165, 1.54) is 5.52 Å². The fraction of sp³-hybridized carbons (Fsp3) is 0.562. The first-order chi connectivity index (χ1) is 9.70. The summed E-state index contributed by atoms with van der Waals surface area (Å²) in [5, 5.41) is 3.55. The van der Waals surface area contributed by atoms with E-state index in [-0.39, 0.29) is 6.10 Å². The molecule has 110 valence electrons. The molecule has 0 aliphatic heterocycles. The van der Waals surface area contributed by atoms with Crippen LogP contribution in [0.4, 0.5) is 0 Å². The number of hydrogen-bond acceptors (Lipinski definition) is 3. The Morgan fingerprint density at radius 2 is 2.10 bits per heavy atom. The van der Waals surface area contributed by atoms with Gasteiger partial charge >= 0.3 is 0 Å². The molecule has 0 saturated carbocycles. The smallest absolute Gasteiger partial charge is 0.0958 e. The molecular formula is C16H25N3O. The van der Waals surface area contributed by atoms with Gasteiger partial charge in [0.05, 0.1) is 30.1 Å². The van der Waals surface area contributed by atoms with Crippen LogP contribution in [-0.2, 0) is 11.3 Å². The first-order valence-electron chi connectivity index (χ1n) is 7.45. The standard InChI is InChI=1S/C16H25N3O/c1-4-9-17-14(11-20-13(2)3)10-19-12-18-15-7-5-6-8-16(15)19/h5-8,12-14,17H,4,9-11H2,1-3H3. The van der Waals surface area contributed by atoms with E-state index in [1.54, 1.807) is 0 Å². The molecule has 0 aliphatic rings. The highest BCUT2D eigenvalue weighted by Crippen LogP contribution is 2.12. The molecule has 1 N–H and O–H groups in total. The lowest BCUT2D eigenvalue weighted by Gasteiger charge is -2.21. The number of nitrogens with one attached hydrogen (secondary N) is 1. The summed E-state index contributed by atoms with van der Waals surface area (Å²) in [6, 6.07) is 8.55. The van der Waals surface area contributed by atoms with Gasteiger partial charge < -0.3 is 14.6 Å². The van der Waals surface area contributed by atoms with Gasteiger partial charge in [0.1, 0.15) is 0 Å². The molecule has 0 spiro atoms. The molecule has 0 amide bonds. The Morgan fingerprint density at radius 3 is 2.85 bits per heavy atom. The molecule has 0 aliphatic carbocycles. The lowest BCUT2D eigenvalue weighted by atomic mass is 10.2. The zero-order chi connectivity index (χ0) is 14.4. The Morgan fingerprint density at radius 1 is 1.30 bits per heavy atom. The molecule has 0 fully saturated rings. The van der Waals surface area contributed by atoms with E-state index in [0.29, 0.717) is 6.04 Å². The van der Waals surface area contributed by atoms with Gasteiger partial charge in [-0.3, -0.25) is 0 Å². The third kappa shape index (κ3) is 4.05. The molecule has 4 heteroatoms. The summed E-state index contributed by atoms with van der Waals surface area (Å²) in [5.41, 5.74) is 2.23. The van der Waals surface area contributed by atoms with Gasteiger partial charge in [-0.25, -0.2) is 4.98 Å². The largest absolute Gasteiger partial charge is 0.377 e. The summed E-state index contributed by atoms with van der Waals surface area (Å²) < 4.78 is 7.97. The zero-order valence-electron chi connectivity index (χ0n) is 12.7. The van der Waals surface area contributed by atoms with Crippen molar-refractivity contribution in [3.63, 3.8) is 0 Å². The Kier molecular flexibility index (Phi) is 5.56. The molecule has 1 unspecified atom stereocenters. The van der Waals surface area contributed by atoms with E-state index in [0.717, 1.165) is 31.6 Å².